The molecule has 0 saturated heterocycles. The van der Waals surface area contributed by atoms with Gasteiger partial charge in [-0.3, -0.25) is 4.79 Å². The summed E-state index contributed by atoms with van der Waals surface area (Å²) >= 11 is 3.26. The maximum atomic E-state index is 13.1. The maximum absolute atomic E-state index is 13.1. The van der Waals surface area contributed by atoms with Gasteiger partial charge in [-0.2, -0.15) is 0 Å². The first-order chi connectivity index (χ1) is 9.47. The molecule has 0 heterocycles. The molecule has 0 radical (unpaired) electrons. The number of carbonyl (C=O) groups is 1. The van der Waals surface area contributed by atoms with Gasteiger partial charge in [0, 0.05) is 10.2 Å². The van der Waals surface area contributed by atoms with E-state index < -0.39 is 11.9 Å². The van der Waals surface area contributed by atoms with Crippen molar-refractivity contribution in [2.24, 2.45) is 5.73 Å². The van der Waals surface area contributed by atoms with E-state index in [1.54, 1.807) is 0 Å². The Hall–Kier alpha value is -1.88. The molecule has 3 nitrogen and oxygen atoms in total. The molecule has 1 atom stereocenters. The van der Waals surface area contributed by atoms with Crippen molar-refractivity contribution in [3.63, 3.8) is 0 Å². The number of nitrogens with two attached hydrogens (primary N) is 1. The summed E-state index contributed by atoms with van der Waals surface area (Å²) in [5.74, 6) is -0.904. The SMILES string of the molecule is Cc1cccc(NC(C(N)=O)c2ccc(F)cc2Br)c1. The van der Waals surface area contributed by atoms with Crippen LogP contribution in [0.15, 0.2) is 46.9 Å². The molecule has 2 rings (SSSR count). The third kappa shape index (κ3) is 3.36. The van der Waals surface area contributed by atoms with E-state index in [4.69, 9.17) is 5.73 Å². The van der Waals surface area contributed by atoms with E-state index in [-0.39, 0.29) is 5.82 Å². The van der Waals surface area contributed by atoms with Gasteiger partial charge in [-0.25, -0.2) is 4.39 Å². The monoisotopic (exact) mass is 336 g/mol. The van der Waals surface area contributed by atoms with Gasteiger partial charge >= 0.3 is 0 Å². The Bertz CT molecular complexity index is 646. The van der Waals surface area contributed by atoms with Crippen LogP contribution >= 0.6 is 15.9 Å². The van der Waals surface area contributed by atoms with Crippen molar-refractivity contribution >= 4 is 27.5 Å². The van der Waals surface area contributed by atoms with Crippen LogP contribution in [0.25, 0.3) is 0 Å². The molecular weight excluding hydrogens is 323 g/mol. The lowest BCUT2D eigenvalue weighted by Gasteiger charge is -2.18. The minimum absolute atomic E-state index is 0.376. The highest BCUT2D eigenvalue weighted by Gasteiger charge is 2.20. The summed E-state index contributed by atoms with van der Waals surface area (Å²) in [7, 11) is 0. The van der Waals surface area contributed by atoms with Crippen LogP contribution in [0, 0.1) is 12.7 Å². The minimum Gasteiger partial charge on any atom is -0.370 e. The molecular formula is C15H14BrFN2O. The normalized spacial score (nSPS) is 11.9. The van der Waals surface area contributed by atoms with Gasteiger partial charge in [0.25, 0.3) is 0 Å². The summed E-state index contributed by atoms with van der Waals surface area (Å²) in [6, 6.07) is 11.0. The Kier molecular flexibility index (Phi) is 4.39. The topological polar surface area (TPSA) is 55.1 Å². The Morgan fingerprint density at radius 3 is 2.65 bits per heavy atom. The Morgan fingerprint density at radius 2 is 2.05 bits per heavy atom. The lowest BCUT2D eigenvalue weighted by Crippen LogP contribution is -2.28. The molecule has 0 bridgehead atoms. The largest absolute Gasteiger partial charge is 0.370 e. The van der Waals surface area contributed by atoms with Gasteiger partial charge in [0.2, 0.25) is 5.91 Å². The lowest BCUT2D eigenvalue weighted by molar-refractivity contribution is -0.118. The van der Waals surface area contributed by atoms with Crippen molar-refractivity contribution in [3.05, 3.63) is 63.9 Å². The van der Waals surface area contributed by atoms with Crippen molar-refractivity contribution in [2.75, 3.05) is 5.32 Å². The molecule has 0 fully saturated rings. The molecule has 2 aromatic carbocycles. The van der Waals surface area contributed by atoms with Gasteiger partial charge in [0.05, 0.1) is 0 Å². The summed E-state index contributed by atoms with van der Waals surface area (Å²) < 4.78 is 13.6. The van der Waals surface area contributed by atoms with Crippen LogP contribution in [0.3, 0.4) is 0 Å². The van der Waals surface area contributed by atoms with Crippen molar-refractivity contribution in [2.45, 2.75) is 13.0 Å². The first-order valence-electron chi connectivity index (χ1n) is 6.05. The number of hydrogen-bond acceptors (Lipinski definition) is 2. The van der Waals surface area contributed by atoms with Gasteiger partial charge in [0.15, 0.2) is 0 Å². The molecule has 0 aliphatic carbocycles. The van der Waals surface area contributed by atoms with Gasteiger partial charge in [-0.15, -0.1) is 0 Å². The number of rotatable bonds is 4. The lowest BCUT2D eigenvalue weighted by atomic mass is 10.1. The second-order valence-electron chi connectivity index (χ2n) is 4.52. The fourth-order valence-corrected chi connectivity index (χ4v) is 2.52. The van der Waals surface area contributed by atoms with Crippen molar-refractivity contribution in [1.29, 1.82) is 0 Å². The van der Waals surface area contributed by atoms with Crippen LogP contribution in [0.1, 0.15) is 17.2 Å². The highest BCUT2D eigenvalue weighted by Crippen LogP contribution is 2.27. The average Bonchev–Trinajstić information content (AvgIpc) is 2.36. The van der Waals surface area contributed by atoms with Crippen LogP contribution in [0.2, 0.25) is 0 Å². The van der Waals surface area contributed by atoms with Crippen LogP contribution in [-0.2, 0) is 4.79 Å². The molecule has 3 N–H and O–H groups in total. The van der Waals surface area contributed by atoms with E-state index in [2.05, 4.69) is 21.2 Å². The number of aryl methyl sites for hydroxylation is 1. The zero-order valence-corrected chi connectivity index (χ0v) is 12.4. The molecule has 0 spiro atoms. The van der Waals surface area contributed by atoms with Crippen molar-refractivity contribution in [3.8, 4) is 0 Å². The summed E-state index contributed by atoms with van der Waals surface area (Å²) in [6.07, 6.45) is 0. The number of amides is 1. The van der Waals surface area contributed by atoms with E-state index in [0.29, 0.717) is 10.0 Å². The molecule has 0 aliphatic rings. The molecule has 0 aromatic heterocycles. The Balaban J connectivity index is 2.34. The summed E-state index contributed by atoms with van der Waals surface area (Å²) in [5.41, 5.74) is 7.89. The molecule has 20 heavy (non-hydrogen) atoms. The number of hydrogen-bond donors (Lipinski definition) is 2. The van der Waals surface area contributed by atoms with E-state index >= 15 is 0 Å². The molecule has 0 saturated carbocycles. The zero-order valence-electron chi connectivity index (χ0n) is 10.9. The van der Waals surface area contributed by atoms with Crippen LogP contribution in [-0.4, -0.2) is 5.91 Å². The standard InChI is InChI=1S/C15H14BrFN2O/c1-9-3-2-4-11(7-9)19-14(15(18)20)12-6-5-10(17)8-13(12)16/h2-8,14,19H,1H3,(H2,18,20). The minimum atomic E-state index is -0.730. The third-order valence-electron chi connectivity index (χ3n) is 2.89. The highest BCUT2D eigenvalue weighted by atomic mass is 79.9. The number of nitrogens with one attached hydrogen (secondary N) is 1. The van der Waals surface area contributed by atoms with Gasteiger partial charge in [-0.1, -0.05) is 34.1 Å². The molecule has 104 valence electrons. The summed E-state index contributed by atoms with van der Waals surface area (Å²) in [6.45, 7) is 1.96. The second-order valence-corrected chi connectivity index (χ2v) is 5.37. The second kappa shape index (κ2) is 6.05. The van der Waals surface area contributed by atoms with E-state index in [9.17, 15) is 9.18 Å². The van der Waals surface area contributed by atoms with Gasteiger partial charge in [0.1, 0.15) is 11.9 Å². The zero-order chi connectivity index (χ0) is 14.7. The van der Waals surface area contributed by atoms with Gasteiger partial charge in [-0.05, 0) is 42.3 Å². The summed E-state index contributed by atoms with van der Waals surface area (Å²) in [4.78, 5) is 11.7. The van der Waals surface area contributed by atoms with Gasteiger partial charge < -0.3 is 11.1 Å². The van der Waals surface area contributed by atoms with E-state index in [1.165, 1.54) is 18.2 Å². The van der Waals surface area contributed by atoms with Crippen LogP contribution in [0.4, 0.5) is 10.1 Å². The fourth-order valence-electron chi connectivity index (χ4n) is 1.94. The number of carbonyl (C=O) groups excluding carboxylic acids is 1. The number of primary amides is 1. The van der Waals surface area contributed by atoms with E-state index in [0.717, 1.165) is 11.3 Å². The van der Waals surface area contributed by atoms with E-state index in [1.807, 2.05) is 31.2 Å². The quantitative estimate of drug-likeness (QED) is 0.897. The maximum Gasteiger partial charge on any atom is 0.244 e. The smallest absolute Gasteiger partial charge is 0.244 e. The van der Waals surface area contributed by atoms with Crippen molar-refractivity contribution in [1.82, 2.24) is 0 Å². The summed E-state index contributed by atoms with van der Waals surface area (Å²) in [5, 5.41) is 3.07. The molecule has 1 unspecified atom stereocenters. The molecule has 1 amide bonds. The Labute approximate surface area is 125 Å². The van der Waals surface area contributed by atoms with Crippen molar-refractivity contribution < 1.29 is 9.18 Å². The van der Waals surface area contributed by atoms with Crippen LogP contribution < -0.4 is 11.1 Å². The molecule has 0 aliphatic heterocycles. The Morgan fingerprint density at radius 1 is 1.30 bits per heavy atom. The highest BCUT2D eigenvalue weighted by molar-refractivity contribution is 9.10. The number of halogens is 2. The molecule has 5 heteroatoms. The first-order valence-corrected chi connectivity index (χ1v) is 6.84. The number of benzene rings is 2. The molecule has 2 aromatic rings. The first kappa shape index (κ1) is 14.5. The average molecular weight is 337 g/mol. The third-order valence-corrected chi connectivity index (χ3v) is 3.57. The fraction of sp³-hybridized carbons (Fsp3) is 0.133. The predicted octanol–water partition coefficient (Wildman–Crippen LogP) is 3.54. The predicted molar refractivity (Wildman–Crippen MR) is 80.8 cm³/mol. The van der Waals surface area contributed by atoms with Crippen LogP contribution in [0.5, 0.6) is 0 Å². The number of anilines is 1.